The lowest BCUT2D eigenvalue weighted by Gasteiger charge is -2.11. The predicted molar refractivity (Wildman–Crippen MR) is 83.2 cm³/mol. The molecular formula is C16H14N4O2. The molecular weight excluding hydrogens is 280 g/mol. The molecule has 0 bridgehead atoms. The molecule has 0 fully saturated rings. The summed E-state index contributed by atoms with van der Waals surface area (Å²) in [5.41, 5.74) is 6.89. The molecule has 0 atom stereocenters. The third kappa shape index (κ3) is 3.61. The van der Waals surface area contributed by atoms with E-state index >= 15 is 0 Å². The van der Waals surface area contributed by atoms with Gasteiger partial charge >= 0.3 is 0 Å². The third-order valence-corrected chi connectivity index (χ3v) is 2.95. The molecule has 0 spiro atoms. The van der Waals surface area contributed by atoms with Crippen molar-refractivity contribution in [3.8, 4) is 6.07 Å². The molecule has 2 aromatic rings. The minimum Gasteiger partial charge on any atom is -0.376 e. The highest BCUT2D eigenvalue weighted by Crippen LogP contribution is 2.15. The van der Waals surface area contributed by atoms with Gasteiger partial charge in [0.15, 0.2) is 0 Å². The van der Waals surface area contributed by atoms with E-state index in [1.54, 1.807) is 48.5 Å². The molecule has 110 valence electrons. The number of benzene rings is 2. The lowest BCUT2D eigenvalue weighted by Crippen LogP contribution is -2.23. The minimum atomic E-state index is -0.571. The van der Waals surface area contributed by atoms with Crippen LogP contribution in [-0.2, 0) is 4.79 Å². The van der Waals surface area contributed by atoms with Crippen LogP contribution in [0.15, 0.2) is 48.5 Å². The Balaban J connectivity index is 2.02. The maximum absolute atomic E-state index is 11.9. The maximum atomic E-state index is 11.9. The quantitative estimate of drug-likeness (QED) is 0.780. The van der Waals surface area contributed by atoms with Gasteiger partial charge in [-0.3, -0.25) is 9.59 Å². The van der Waals surface area contributed by atoms with Gasteiger partial charge in [-0.15, -0.1) is 0 Å². The van der Waals surface area contributed by atoms with Gasteiger partial charge < -0.3 is 16.4 Å². The molecule has 0 heterocycles. The SMILES string of the molecule is N#Cc1ccccc1NC(=O)CNc1ccccc1C(N)=O. The first-order valence-electron chi connectivity index (χ1n) is 6.53. The molecule has 22 heavy (non-hydrogen) atoms. The van der Waals surface area contributed by atoms with Crippen molar-refractivity contribution >= 4 is 23.2 Å². The fourth-order valence-electron chi connectivity index (χ4n) is 1.91. The van der Waals surface area contributed by atoms with Gasteiger partial charge in [-0.1, -0.05) is 24.3 Å². The Morgan fingerprint density at radius 2 is 1.68 bits per heavy atom. The van der Waals surface area contributed by atoms with E-state index in [1.807, 2.05) is 6.07 Å². The summed E-state index contributed by atoms with van der Waals surface area (Å²) in [7, 11) is 0. The van der Waals surface area contributed by atoms with Gasteiger partial charge in [0.2, 0.25) is 5.91 Å². The molecule has 0 saturated heterocycles. The molecule has 0 aliphatic carbocycles. The van der Waals surface area contributed by atoms with Crippen LogP contribution in [0.25, 0.3) is 0 Å². The summed E-state index contributed by atoms with van der Waals surface area (Å²) >= 11 is 0. The first-order valence-corrected chi connectivity index (χ1v) is 6.53. The van der Waals surface area contributed by atoms with Crippen LogP contribution in [0.2, 0.25) is 0 Å². The number of nitrogens with zero attached hydrogens (tertiary/aromatic N) is 1. The molecule has 2 aromatic carbocycles. The Morgan fingerprint density at radius 1 is 1.05 bits per heavy atom. The maximum Gasteiger partial charge on any atom is 0.250 e. The first kappa shape index (κ1) is 15.1. The number of nitrogens with two attached hydrogens (primary N) is 1. The van der Waals surface area contributed by atoms with Gasteiger partial charge in [-0.2, -0.15) is 5.26 Å². The Bertz CT molecular complexity index is 750. The average molecular weight is 294 g/mol. The van der Waals surface area contributed by atoms with Crippen LogP contribution < -0.4 is 16.4 Å². The van der Waals surface area contributed by atoms with Gasteiger partial charge in [0.05, 0.1) is 23.4 Å². The topological polar surface area (TPSA) is 108 Å². The molecule has 0 aliphatic heterocycles. The number of carbonyl (C=O) groups excluding carboxylic acids is 2. The van der Waals surface area contributed by atoms with Crippen LogP contribution in [0.1, 0.15) is 15.9 Å². The van der Waals surface area contributed by atoms with Gasteiger partial charge in [0.25, 0.3) is 5.91 Å². The second kappa shape index (κ2) is 6.90. The highest BCUT2D eigenvalue weighted by atomic mass is 16.2. The number of nitriles is 1. The van der Waals surface area contributed by atoms with Crippen LogP contribution >= 0.6 is 0 Å². The number of rotatable bonds is 5. The summed E-state index contributed by atoms with van der Waals surface area (Å²) in [6.45, 7) is -0.0515. The summed E-state index contributed by atoms with van der Waals surface area (Å²) in [6.07, 6.45) is 0. The molecule has 0 aromatic heterocycles. The van der Waals surface area contributed by atoms with E-state index in [1.165, 1.54) is 0 Å². The minimum absolute atomic E-state index is 0.0515. The van der Waals surface area contributed by atoms with Crippen molar-refractivity contribution in [3.63, 3.8) is 0 Å². The normalized spacial score (nSPS) is 9.59. The van der Waals surface area contributed by atoms with Gasteiger partial charge in [0.1, 0.15) is 6.07 Å². The van der Waals surface area contributed by atoms with Crippen molar-refractivity contribution < 1.29 is 9.59 Å². The van der Waals surface area contributed by atoms with E-state index in [0.29, 0.717) is 22.5 Å². The van der Waals surface area contributed by atoms with Crippen molar-refractivity contribution in [2.24, 2.45) is 5.73 Å². The predicted octanol–water partition coefficient (Wildman–Crippen LogP) is 1.71. The zero-order valence-corrected chi connectivity index (χ0v) is 11.7. The van der Waals surface area contributed by atoms with Gasteiger partial charge in [0, 0.05) is 5.69 Å². The molecule has 0 unspecified atom stereocenters. The number of primary amides is 1. The van der Waals surface area contributed by atoms with E-state index in [4.69, 9.17) is 11.0 Å². The molecule has 6 heteroatoms. The highest BCUT2D eigenvalue weighted by molar-refractivity contribution is 6.00. The van der Waals surface area contributed by atoms with Crippen molar-refractivity contribution in [2.75, 3.05) is 17.2 Å². The molecule has 2 rings (SSSR count). The van der Waals surface area contributed by atoms with Crippen LogP contribution in [0.4, 0.5) is 11.4 Å². The first-order chi connectivity index (χ1) is 10.6. The van der Waals surface area contributed by atoms with Crippen LogP contribution in [0, 0.1) is 11.3 Å². The van der Waals surface area contributed by atoms with Gasteiger partial charge in [-0.05, 0) is 24.3 Å². The zero-order chi connectivity index (χ0) is 15.9. The molecule has 4 N–H and O–H groups in total. The standard InChI is InChI=1S/C16H14N4O2/c17-9-11-5-1-3-7-13(11)20-15(21)10-19-14-8-4-2-6-12(14)16(18)22/h1-8,19H,10H2,(H2,18,22)(H,20,21). The van der Waals surface area contributed by atoms with Crippen molar-refractivity contribution in [3.05, 3.63) is 59.7 Å². The molecule has 0 aliphatic rings. The Morgan fingerprint density at radius 3 is 2.36 bits per heavy atom. The van der Waals surface area contributed by atoms with E-state index in [0.717, 1.165) is 0 Å². The van der Waals surface area contributed by atoms with Crippen molar-refractivity contribution in [1.29, 1.82) is 5.26 Å². The summed E-state index contributed by atoms with van der Waals surface area (Å²) in [5.74, 6) is -0.902. The number of para-hydroxylation sites is 2. The zero-order valence-electron chi connectivity index (χ0n) is 11.7. The van der Waals surface area contributed by atoms with E-state index < -0.39 is 5.91 Å². The molecule has 0 radical (unpaired) electrons. The Kier molecular flexibility index (Phi) is 4.73. The largest absolute Gasteiger partial charge is 0.376 e. The summed E-state index contributed by atoms with van der Waals surface area (Å²) in [5, 5.41) is 14.5. The fourth-order valence-corrected chi connectivity index (χ4v) is 1.91. The summed E-state index contributed by atoms with van der Waals surface area (Å²) in [4.78, 5) is 23.2. The number of hydrogen-bond acceptors (Lipinski definition) is 4. The Hall–Kier alpha value is -3.33. The fraction of sp³-hybridized carbons (Fsp3) is 0.0625. The third-order valence-electron chi connectivity index (χ3n) is 2.95. The molecule has 2 amide bonds. The highest BCUT2D eigenvalue weighted by Gasteiger charge is 2.09. The smallest absolute Gasteiger partial charge is 0.250 e. The van der Waals surface area contributed by atoms with Gasteiger partial charge in [-0.25, -0.2) is 0 Å². The lowest BCUT2D eigenvalue weighted by atomic mass is 10.1. The number of amides is 2. The van der Waals surface area contributed by atoms with E-state index in [-0.39, 0.29) is 12.5 Å². The monoisotopic (exact) mass is 294 g/mol. The lowest BCUT2D eigenvalue weighted by molar-refractivity contribution is -0.114. The molecule has 0 saturated carbocycles. The van der Waals surface area contributed by atoms with Crippen LogP contribution in [0.3, 0.4) is 0 Å². The van der Waals surface area contributed by atoms with E-state index in [9.17, 15) is 9.59 Å². The number of nitrogens with one attached hydrogen (secondary N) is 2. The average Bonchev–Trinajstić information content (AvgIpc) is 2.53. The van der Waals surface area contributed by atoms with E-state index in [2.05, 4.69) is 10.6 Å². The van der Waals surface area contributed by atoms with Crippen LogP contribution in [0.5, 0.6) is 0 Å². The second-order valence-corrected chi connectivity index (χ2v) is 4.47. The van der Waals surface area contributed by atoms with Crippen LogP contribution in [-0.4, -0.2) is 18.4 Å². The van der Waals surface area contributed by atoms with Crippen molar-refractivity contribution in [2.45, 2.75) is 0 Å². The van der Waals surface area contributed by atoms with Crippen molar-refractivity contribution in [1.82, 2.24) is 0 Å². The second-order valence-electron chi connectivity index (χ2n) is 4.47. The number of hydrogen-bond donors (Lipinski definition) is 3. The number of anilines is 2. The molecule has 6 nitrogen and oxygen atoms in total. The Labute approximate surface area is 127 Å². The number of carbonyl (C=O) groups is 2. The summed E-state index contributed by atoms with van der Waals surface area (Å²) in [6, 6.07) is 15.4. The summed E-state index contributed by atoms with van der Waals surface area (Å²) < 4.78 is 0.